The molecule has 0 spiro atoms. The van der Waals surface area contributed by atoms with Gasteiger partial charge < -0.3 is 20.4 Å². The van der Waals surface area contributed by atoms with E-state index in [-0.39, 0.29) is 29.0 Å². The third-order valence-corrected chi connectivity index (χ3v) is 8.35. The van der Waals surface area contributed by atoms with Crippen molar-refractivity contribution in [3.63, 3.8) is 0 Å². The molecule has 1 aromatic carbocycles. The van der Waals surface area contributed by atoms with E-state index in [9.17, 15) is 15.0 Å². The molecule has 2 saturated carbocycles. The fourth-order valence-electron chi connectivity index (χ4n) is 6.37. The highest BCUT2D eigenvalue weighted by molar-refractivity contribution is 7.80. The Hall–Kier alpha value is -1.50. The van der Waals surface area contributed by atoms with Crippen LogP contribution in [-0.4, -0.2) is 57.8 Å². The molecule has 0 aromatic heterocycles. The van der Waals surface area contributed by atoms with Crippen LogP contribution < -0.4 is 5.73 Å². The summed E-state index contributed by atoms with van der Waals surface area (Å²) in [6.45, 7) is 2.98. The van der Waals surface area contributed by atoms with E-state index < -0.39 is 11.0 Å². The van der Waals surface area contributed by atoms with E-state index >= 15 is 0 Å². The van der Waals surface area contributed by atoms with Gasteiger partial charge in [-0.05, 0) is 30.9 Å². The van der Waals surface area contributed by atoms with Crippen LogP contribution in [0.25, 0.3) is 0 Å². The molecular weight excluding hydrogens is 384 g/mol. The molecule has 0 heterocycles. The SMILES string of the molecule is CC12CC(=O)CC[C@@]1(O)[C@H]([N+](C)(C)CC1CCC1)Cc1ccc(C(N)=S)c(O)c12. The van der Waals surface area contributed by atoms with Gasteiger partial charge in [0.1, 0.15) is 28.2 Å². The fourth-order valence-corrected chi connectivity index (χ4v) is 6.53. The minimum absolute atomic E-state index is 0.0355. The van der Waals surface area contributed by atoms with E-state index in [2.05, 4.69) is 14.1 Å². The highest BCUT2D eigenvalue weighted by Crippen LogP contribution is 2.56. The molecule has 29 heavy (non-hydrogen) atoms. The fraction of sp³-hybridized carbons (Fsp3) is 0.652. The molecule has 3 aliphatic rings. The molecule has 3 aliphatic carbocycles. The summed E-state index contributed by atoms with van der Waals surface area (Å²) in [7, 11) is 4.43. The van der Waals surface area contributed by atoms with E-state index in [0.29, 0.717) is 36.3 Å². The number of aliphatic hydroxyl groups is 1. The van der Waals surface area contributed by atoms with Crippen LogP contribution in [0.5, 0.6) is 5.75 Å². The van der Waals surface area contributed by atoms with Crippen molar-refractivity contribution in [2.45, 2.75) is 68.9 Å². The van der Waals surface area contributed by atoms with Crippen molar-refractivity contribution in [3.05, 3.63) is 28.8 Å². The number of aromatic hydroxyl groups is 1. The van der Waals surface area contributed by atoms with Gasteiger partial charge in [0.2, 0.25) is 0 Å². The molecule has 4 N–H and O–H groups in total. The molecule has 158 valence electrons. The van der Waals surface area contributed by atoms with Crippen LogP contribution in [0.15, 0.2) is 12.1 Å². The highest BCUT2D eigenvalue weighted by atomic mass is 32.1. The zero-order valence-corrected chi connectivity index (χ0v) is 18.5. The second-order valence-corrected chi connectivity index (χ2v) is 10.7. The Morgan fingerprint density at radius 3 is 2.62 bits per heavy atom. The molecule has 0 radical (unpaired) electrons. The lowest BCUT2D eigenvalue weighted by Gasteiger charge is -2.59. The summed E-state index contributed by atoms with van der Waals surface area (Å²) in [4.78, 5) is 12.7. The lowest BCUT2D eigenvalue weighted by molar-refractivity contribution is -0.927. The van der Waals surface area contributed by atoms with Crippen LogP contribution in [-0.2, 0) is 16.6 Å². The lowest BCUT2D eigenvalue weighted by Crippen LogP contribution is -2.72. The Kier molecular flexibility index (Phi) is 4.84. The first-order chi connectivity index (χ1) is 13.5. The molecule has 6 heteroatoms. The van der Waals surface area contributed by atoms with Gasteiger partial charge in [-0.2, -0.15) is 0 Å². The number of phenols is 1. The Balaban J connectivity index is 1.87. The van der Waals surface area contributed by atoms with E-state index in [0.717, 1.165) is 16.6 Å². The maximum Gasteiger partial charge on any atom is 0.134 e. The molecule has 2 fully saturated rings. The summed E-state index contributed by atoms with van der Waals surface area (Å²) < 4.78 is 0.724. The zero-order chi connectivity index (χ0) is 21.2. The normalized spacial score (nSPS) is 32.3. The monoisotopic (exact) mass is 417 g/mol. The molecule has 0 saturated heterocycles. The molecule has 3 atom stereocenters. The molecule has 0 aliphatic heterocycles. The quantitative estimate of drug-likeness (QED) is 0.518. The summed E-state index contributed by atoms with van der Waals surface area (Å²) in [6, 6.07) is 3.71. The van der Waals surface area contributed by atoms with Gasteiger partial charge in [-0.15, -0.1) is 0 Å². The van der Waals surface area contributed by atoms with E-state index in [4.69, 9.17) is 18.0 Å². The average Bonchev–Trinajstić information content (AvgIpc) is 2.58. The van der Waals surface area contributed by atoms with Gasteiger partial charge in [-0.25, -0.2) is 0 Å². The van der Waals surface area contributed by atoms with Crippen molar-refractivity contribution in [1.82, 2.24) is 0 Å². The number of quaternary nitrogens is 1. The summed E-state index contributed by atoms with van der Waals surface area (Å²) in [5.74, 6) is 0.874. The van der Waals surface area contributed by atoms with Crippen LogP contribution in [0.1, 0.15) is 62.1 Å². The molecule has 1 unspecified atom stereocenters. The van der Waals surface area contributed by atoms with Gasteiger partial charge in [0, 0.05) is 36.2 Å². The number of carbonyl (C=O) groups excluding carboxylic acids is 1. The van der Waals surface area contributed by atoms with Crippen molar-refractivity contribution in [1.29, 1.82) is 0 Å². The minimum Gasteiger partial charge on any atom is -0.507 e. The summed E-state index contributed by atoms with van der Waals surface area (Å²) in [5.41, 5.74) is 5.97. The largest absolute Gasteiger partial charge is 0.507 e. The van der Waals surface area contributed by atoms with Gasteiger partial charge in [-0.1, -0.05) is 31.6 Å². The Morgan fingerprint density at radius 2 is 2.03 bits per heavy atom. The predicted molar refractivity (Wildman–Crippen MR) is 117 cm³/mol. The smallest absolute Gasteiger partial charge is 0.134 e. The van der Waals surface area contributed by atoms with E-state index in [1.807, 2.05) is 13.0 Å². The zero-order valence-electron chi connectivity index (χ0n) is 17.7. The summed E-state index contributed by atoms with van der Waals surface area (Å²) in [6.07, 6.45) is 5.52. The number of thiocarbonyl (C=S) groups is 1. The van der Waals surface area contributed by atoms with Crippen LogP contribution in [0.4, 0.5) is 0 Å². The molecule has 0 bridgehead atoms. The maximum absolute atomic E-state index is 12.5. The van der Waals surface area contributed by atoms with Gasteiger partial charge in [0.25, 0.3) is 0 Å². The number of hydrogen-bond donors (Lipinski definition) is 3. The Bertz CT molecular complexity index is 879. The van der Waals surface area contributed by atoms with Crippen LogP contribution in [0.2, 0.25) is 0 Å². The van der Waals surface area contributed by atoms with Crippen LogP contribution in [0, 0.1) is 5.92 Å². The van der Waals surface area contributed by atoms with Gasteiger partial charge in [0.05, 0.1) is 26.2 Å². The molecule has 5 nitrogen and oxygen atoms in total. The van der Waals surface area contributed by atoms with Gasteiger partial charge in [-0.3, -0.25) is 4.79 Å². The first-order valence-electron chi connectivity index (χ1n) is 10.7. The number of nitrogens with zero attached hydrogens (tertiary/aromatic N) is 1. The molecule has 0 amide bonds. The predicted octanol–water partition coefficient (Wildman–Crippen LogP) is 2.57. The minimum atomic E-state index is -1.08. The first-order valence-corrected chi connectivity index (χ1v) is 11.1. The van der Waals surface area contributed by atoms with E-state index in [1.54, 1.807) is 6.07 Å². The van der Waals surface area contributed by atoms with Crippen LogP contribution in [0.3, 0.4) is 0 Å². The van der Waals surface area contributed by atoms with Crippen molar-refractivity contribution in [2.75, 3.05) is 20.6 Å². The number of fused-ring (bicyclic) bond motifs is 3. The number of benzene rings is 1. The number of ketones is 1. The Morgan fingerprint density at radius 1 is 1.34 bits per heavy atom. The Labute approximate surface area is 178 Å². The molecule has 1 aromatic rings. The average molecular weight is 418 g/mol. The number of phenolic OH excluding ortho intramolecular Hbond substituents is 1. The summed E-state index contributed by atoms with van der Waals surface area (Å²) in [5, 5.41) is 23.3. The van der Waals surface area contributed by atoms with Crippen molar-refractivity contribution < 1.29 is 19.5 Å². The second kappa shape index (κ2) is 6.76. The number of rotatable bonds is 4. The van der Waals surface area contributed by atoms with Gasteiger partial charge >= 0.3 is 0 Å². The first kappa shape index (κ1) is 20.8. The molecule has 4 rings (SSSR count). The van der Waals surface area contributed by atoms with E-state index in [1.165, 1.54) is 19.3 Å². The highest BCUT2D eigenvalue weighted by Gasteiger charge is 2.64. The molecular formula is C23H33N2O3S+. The van der Waals surface area contributed by atoms with Crippen molar-refractivity contribution >= 4 is 23.0 Å². The van der Waals surface area contributed by atoms with Crippen molar-refractivity contribution in [3.8, 4) is 5.75 Å². The van der Waals surface area contributed by atoms with Crippen molar-refractivity contribution in [2.24, 2.45) is 11.7 Å². The summed E-state index contributed by atoms with van der Waals surface area (Å²) >= 11 is 5.12. The van der Waals surface area contributed by atoms with Crippen LogP contribution >= 0.6 is 12.2 Å². The topological polar surface area (TPSA) is 83.5 Å². The maximum atomic E-state index is 12.5. The third-order valence-electron chi connectivity index (χ3n) is 8.13. The standard InChI is InChI=1S/C23H32N2O3S/c1-22-12-16(26)9-10-23(22,28)18(25(2,3)13-14-5-4-6-14)11-15-7-8-17(21(24)29)20(27)19(15)22/h7-8,14,18,28H,4-6,9-13H2,1-3H3,(H2-,24,27,29)/p+1/t18-,22?,23-/m1/s1. The number of nitrogens with two attached hydrogens (primary N) is 1. The third kappa shape index (κ3) is 3.03. The number of carbonyl (C=O) groups is 1. The number of Topliss-reactive ketones (excluding diaryl/α,β-unsaturated/α-hetero) is 1. The number of hydrogen-bond acceptors (Lipinski definition) is 4. The lowest BCUT2D eigenvalue weighted by atomic mass is 9.52. The number of likely N-dealkylation sites (N-methyl/N-ethyl adjacent to an activating group) is 1. The second-order valence-electron chi connectivity index (χ2n) is 10.3. The van der Waals surface area contributed by atoms with Gasteiger partial charge in [0.15, 0.2) is 0 Å².